The Morgan fingerprint density at radius 3 is 2.55 bits per heavy atom. The Hall–Kier alpha value is -2.14. The maximum absolute atomic E-state index is 12.0. The standard InChI is InChI=1S/C15H17N3OS/c1-18(2)12-7-5-11(6-8-12)10-17-14(19)13-4-3-9-16-15(13)20/h3-9H,10H2,1-2H3,(H,16,20)(H,17,19). The molecule has 0 unspecified atom stereocenters. The number of amides is 1. The molecule has 2 aromatic rings. The molecule has 2 N–H and O–H groups in total. The number of carbonyl (C=O) groups is 1. The first kappa shape index (κ1) is 14.3. The molecule has 0 bridgehead atoms. The van der Waals surface area contributed by atoms with Gasteiger partial charge in [0.15, 0.2) is 0 Å². The van der Waals surface area contributed by atoms with Gasteiger partial charge in [0.25, 0.3) is 5.91 Å². The van der Waals surface area contributed by atoms with Crippen LogP contribution in [0.25, 0.3) is 0 Å². The quantitative estimate of drug-likeness (QED) is 0.850. The number of rotatable bonds is 4. The van der Waals surface area contributed by atoms with Crippen molar-refractivity contribution < 1.29 is 4.79 Å². The van der Waals surface area contributed by atoms with Gasteiger partial charge in [-0.3, -0.25) is 4.79 Å². The van der Waals surface area contributed by atoms with E-state index in [9.17, 15) is 4.79 Å². The lowest BCUT2D eigenvalue weighted by Crippen LogP contribution is -2.23. The van der Waals surface area contributed by atoms with Crippen molar-refractivity contribution in [2.45, 2.75) is 6.54 Å². The van der Waals surface area contributed by atoms with Gasteiger partial charge in [-0.15, -0.1) is 0 Å². The summed E-state index contributed by atoms with van der Waals surface area (Å²) in [5.41, 5.74) is 2.67. The smallest absolute Gasteiger partial charge is 0.254 e. The average molecular weight is 287 g/mol. The molecule has 0 aliphatic rings. The van der Waals surface area contributed by atoms with Crippen LogP contribution in [0.1, 0.15) is 15.9 Å². The van der Waals surface area contributed by atoms with E-state index >= 15 is 0 Å². The van der Waals surface area contributed by atoms with Crippen LogP contribution in [0, 0.1) is 4.64 Å². The Morgan fingerprint density at radius 2 is 1.95 bits per heavy atom. The van der Waals surface area contributed by atoms with E-state index in [0.717, 1.165) is 11.3 Å². The van der Waals surface area contributed by atoms with Gasteiger partial charge in [0.1, 0.15) is 4.64 Å². The fourth-order valence-corrected chi connectivity index (χ4v) is 2.02. The van der Waals surface area contributed by atoms with E-state index in [4.69, 9.17) is 12.2 Å². The zero-order valence-corrected chi connectivity index (χ0v) is 12.3. The molecule has 1 aromatic heterocycles. The number of aromatic amines is 1. The Balaban J connectivity index is 2.00. The average Bonchev–Trinajstić information content (AvgIpc) is 2.45. The fraction of sp³-hybridized carbons (Fsp3) is 0.200. The molecule has 4 nitrogen and oxygen atoms in total. The van der Waals surface area contributed by atoms with E-state index in [0.29, 0.717) is 16.7 Å². The number of aromatic nitrogens is 1. The summed E-state index contributed by atoms with van der Waals surface area (Å²) in [6.45, 7) is 0.482. The summed E-state index contributed by atoms with van der Waals surface area (Å²) in [4.78, 5) is 16.9. The zero-order chi connectivity index (χ0) is 14.5. The third-order valence-corrected chi connectivity index (χ3v) is 3.31. The van der Waals surface area contributed by atoms with E-state index in [2.05, 4.69) is 10.3 Å². The number of benzene rings is 1. The van der Waals surface area contributed by atoms with Gasteiger partial charge in [-0.2, -0.15) is 0 Å². The van der Waals surface area contributed by atoms with Crippen LogP contribution in [0.3, 0.4) is 0 Å². The van der Waals surface area contributed by atoms with Gasteiger partial charge < -0.3 is 15.2 Å². The van der Waals surface area contributed by atoms with Crippen LogP contribution in [0.15, 0.2) is 42.6 Å². The molecule has 1 heterocycles. The largest absolute Gasteiger partial charge is 0.378 e. The monoisotopic (exact) mass is 287 g/mol. The van der Waals surface area contributed by atoms with Gasteiger partial charge in [-0.1, -0.05) is 24.4 Å². The summed E-state index contributed by atoms with van der Waals surface area (Å²) in [5, 5.41) is 2.87. The summed E-state index contributed by atoms with van der Waals surface area (Å²) in [6, 6.07) is 11.5. The minimum Gasteiger partial charge on any atom is -0.378 e. The molecule has 2 rings (SSSR count). The van der Waals surface area contributed by atoms with Gasteiger partial charge in [0.2, 0.25) is 0 Å². The van der Waals surface area contributed by atoms with Crippen molar-refractivity contribution in [3.8, 4) is 0 Å². The predicted molar refractivity (Wildman–Crippen MR) is 83.6 cm³/mol. The highest BCUT2D eigenvalue weighted by molar-refractivity contribution is 7.71. The molecule has 1 amide bonds. The van der Waals surface area contributed by atoms with E-state index < -0.39 is 0 Å². The number of hydrogen-bond donors (Lipinski definition) is 2. The molecule has 0 fully saturated rings. The van der Waals surface area contributed by atoms with Crippen LogP contribution < -0.4 is 10.2 Å². The molecule has 0 saturated heterocycles. The van der Waals surface area contributed by atoms with Gasteiger partial charge in [-0.05, 0) is 29.8 Å². The van der Waals surface area contributed by atoms with Crippen molar-refractivity contribution >= 4 is 23.8 Å². The van der Waals surface area contributed by atoms with Crippen molar-refractivity contribution in [1.29, 1.82) is 0 Å². The van der Waals surface area contributed by atoms with Crippen molar-refractivity contribution in [3.05, 3.63) is 58.4 Å². The second kappa shape index (κ2) is 6.34. The molecule has 1 aromatic carbocycles. The minimum absolute atomic E-state index is 0.163. The van der Waals surface area contributed by atoms with Crippen molar-refractivity contribution in [2.24, 2.45) is 0 Å². The summed E-state index contributed by atoms with van der Waals surface area (Å²) in [6.07, 6.45) is 1.71. The first-order valence-corrected chi connectivity index (χ1v) is 6.71. The van der Waals surface area contributed by atoms with Gasteiger partial charge in [-0.25, -0.2) is 0 Å². The van der Waals surface area contributed by atoms with E-state index in [1.54, 1.807) is 18.3 Å². The molecular weight excluding hydrogens is 270 g/mol. The van der Waals surface area contributed by atoms with Crippen LogP contribution in [0.5, 0.6) is 0 Å². The summed E-state index contributed by atoms with van der Waals surface area (Å²) in [7, 11) is 3.99. The number of carbonyl (C=O) groups excluding carboxylic acids is 1. The van der Waals surface area contributed by atoms with E-state index in [-0.39, 0.29) is 5.91 Å². The third-order valence-electron chi connectivity index (χ3n) is 2.97. The van der Waals surface area contributed by atoms with Crippen molar-refractivity contribution in [3.63, 3.8) is 0 Å². The maximum Gasteiger partial charge on any atom is 0.254 e. The second-order valence-corrected chi connectivity index (χ2v) is 5.06. The van der Waals surface area contributed by atoms with Crippen molar-refractivity contribution in [1.82, 2.24) is 10.3 Å². The van der Waals surface area contributed by atoms with Gasteiger partial charge >= 0.3 is 0 Å². The summed E-state index contributed by atoms with van der Waals surface area (Å²) in [5.74, 6) is -0.163. The van der Waals surface area contributed by atoms with Gasteiger partial charge in [0, 0.05) is 32.5 Å². The molecule has 0 radical (unpaired) electrons. The van der Waals surface area contributed by atoms with Crippen LogP contribution in [0.4, 0.5) is 5.69 Å². The molecule has 0 spiro atoms. The maximum atomic E-state index is 12.0. The lowest BCUT2D eigenvalue weighted by Gasteiger charge is -2.13. The Labute approximate surface area is 123 Å². The Bertz CT molecular complexity index is 647. The van der Waals surface area contributed by atoms with Crippen LogP contribution >= 0.6 is 12.2 Å². The fourth-order valence-electron chi connectivity index (χ4n) is 1.79. The number of H-pyrrole nitrogens is 1. The molecule has 0 saturated carbocycles. The van der Waals surface area contributed by atoms with Crippen LogP contribution in [0.2, 0.25) is 0 Å². The lowest BCUT2D eigenvalue weighted by molar-refractivity contribution is 0.0950. The van der Waals surface area contributed by atoms with Crippen molar-refractivity contribution in [2.75, 3.05) is 19.0 Å². The molecule has 20 heavy (non-hydrogen) atoms. The number of nitrogens with one attached hydrogen (secondary N) is 2. The Morgan fingerprint density at radius 1 is 1.25 bits per heavy atom. The molecule has 5 heteroatoms. The highest BCUT2D eigenvalue weighted by Gasteiger charge is 2.06. The minimum atomic E-state index is -0.163. The normalized spacial score (nSPS) is 10.1. The van der Waals surface area contributed by atoms with E-state index in [1.165, 1.54) is 0 Å². The summed E-state index contributed by atoms with van der Waals surface area (Å²) >= 11 is 5.08. The van der Waals surface area contributed by atoms with Gasteiger partial charge in [0.05, 0.1) is 5.56 Å². The molecular formula is C15H17N3OS. The zero-order valence-electron chi connectivity index (χ0n) is 11.5. The Kier molecular flexibility index (Phi) is 4.53. The van der Waals surface area contributed by atoms with Crippen LogP contribution in [-0.4, -0.2) is 25.0 Å². The molecule has 0 aliphatic carbocycles. The topological polar surface area (TPSA) is 48.1 Å². The highest BCUT2D eigenvalue weighted by atomic mass is 32.1. The number of anilines is 1. The molecule has 0 aliphatic heterocycles. The first-order chi connectivity index (χ1) is 9.58. The summed E-state index contributed by atoms with van der Waals surface area (Å²) < 4.78 is 0.452. The first-order valence-electron chi connectivity index (χ1n) is 6.30. The second-order valence-electron chi connectivity index (χ2n) is 4.66. The molecule has 0 atom stereocenters. The third kappa shape index (κ3) is 3.45. The van der Waals surface area contributed by atoms with E-state index in [1.807, 2.05) is 43.3 Å². The SMILES string of the molecule is CN(C)c1ccc(CNC(=O)c2ccc[nH]c2=S)cc1. The number of pyridine rings is 1. The molecule has 104 valence electrons. The lowest BCUT2D eigenvalue weighted by atomic mass is 10.2. The predicted octanol–water partition coefficient (Wildman–Crippen LogP) is 2.74. The number of hydrogen-bond acceptors (Lipinski definition) is 3. The highest BCUT2D eigenvalue weighted by Crippen LogP contribution is 2.12. The number of nitrogens with zero attached hydrogens (tertiary/aromatic N) is 1. The van der Waals surface area contributed by atoms with Crippen LogP contribution in [-0.2, 0) is 6.54 Å².